The molecule has 0 atom stereocenters. The first kappa shape index (κ1) is 12.7. The third kappa shape index (κ3) is 8.00. The van der Waals surface area contributed by atoms with E-state index in [9.17, 15) is 0 Å². The fourth-order valence-electron chi connectivity index (χ4n) is 1.26. The molecule has 0 bridgehead atoms. The maximum Gasteiger partial charge on any atom is 0.0673 e. The Morgan fingerprint density at radius 2 is 2.15 bits per heavy atom. The number of methoxy groups -OCH3 is 1. The van der Waals surface area contributed by atoms with Gasteiger partial charge < -0.3 is 10.5 Å². The zero-order valence-electron chi connectivity index (χ0n) is 9.01. The average Bonchev–Trinajstić information content (AvgIpc) is 2.14. The Bertz CT molecular complexity index is 132. The summed E-state index contributed by atoms with van der Waals surface area (Å²) in [5, 5.41) is 0. The number of unbranched alkanes of at least 4 members (excludes halogenated alkanes) is 2. The smallest absolute Gasteiger partial charge is 0.0673 e. The summed E-state index contributed by atoms with van der Waals surface area (Å²) in [6, 6.07) is 0. The molecule has 2 nitrogen and oxygen atoms in total. The minimum Gasteiger partial charge on any atom is -0.380 e. The number of hydrogen-bond acceptors (Lipinski definition) is 2. The predicted molar refractivity (Wildman–Crippen MR) is 57.8 cm³/mol. The van der Waals surface area contributed by atoms with Gasteiger partial charge in [0.2, 0.25) is 0 Å². The monoisotopic (exact) mass is 185 g/mol. The second-order valence-corrected chi connectivity index (χ2v) is 3.33. The highest BCUT2D eigenvalue weighted by Crippen LogP contribution is 2.08. The van der Waals surface area contributed by atoms with Crippen molar-refractivity contribution in [3.63, 3.8) is 0 Å². The van der Waals surface area contributed by atoms with Gasteiger partial charge in [0.25, 0.3) is 0 Å². The van der Waals surface area contributed by atoms with Crippen LogP contribution in [0.4, 0.5) is 0 Å². The lowest BCUT2D eigenvalue weighted by atomic mass is 10.1. The largest absolute Gasteiger partial charge is 0.380 e. The van der Waals surface area contributed by atoms with E-state index in [1.54, 1.807) is 7.11 Å². The van der Waals surface area contributed by atoms with Crippen LogP contribution in [0.15, 0.2) is 11.6 Å². The molecule has 0 fully saturated rings. The number of nitrogens with two attached hydrogens (primary N) is 1. The molecule has 0 amide bonds. The van der Waals surface area contributed by atoms with E-state index < -0.39 is 0 Å². The lowest BCUT2D eigenvalue weighted by molar-refractivity contribution is 0.222. The molecule has 0 aromatic heterocycles. The van der Waals surface area contributed by atoms with Crippen LogP contribution in [0, 0.1) is 0 Å². The van der Waals surface area contributed by atoms with E-state index in [0.29, 0.717) is 0 Å². The highest BCUT2D eigenvalue weighted by Gasteiger charge is 1.95. The van der Waals surface area contributed by atoms with Crippen LogP contribution in [0.2, 0.25) is 0 Å². The summed E-state index contributed by atoms with van der Waals surface area (Å²) in [6.45, 7) is 3.75. The van der Waals surface area contributed by atoms with Gasteiger partial charge in [0.15, 0.2) is 0 Å². The molecular weight excluding hydrogens is 162 g/mol. The van der Waals surface area contributed by atoms with E-state index in [4.69, 9.17) is 10.5 Å². The van der Waals surface area contributed by atoms with E-state index in [1.807, 2.05) is 0 Å². The van der Waals surface area contributed by atoms with Gasteiger partial charge >= 0.3 is 0 Å². The molecule has 0 radical (unpaired) electrons. The summed E-state index contributed by atoms with van der Waals surface area (Å²) >= 11 is 0. The molecule has 0 aromatic rings. The standard InChI is InChI=1S/C11H23NO/c1-3-4-5-7-11(10-13-2)8-6-9-12/h7H,3-6,8-10,12H2,1-2H3/b11-7-. The molecule has 0 unspecified atom stereocenters. The Balaban J connectivity index is 3.69. The Morgan fingerprint density at radius 1 is 1.38 bits per heavy atom. The van der Waals surface area contributed by atoms with Crippen LogP contribution < -0.4 is 5.73 Å². The maximum absolute atomic E-state index is 5.46. The summed E-state index contributed by atoms with van der Waals surface area (Å²) in [7, 11) is 1.75. The van der Waals surface area contributed by atoms with E-state index in [0.717, 1.165) is 26.0 Å². The van der Waals surface area contributed by atoms with Crippen LogP contribution in [-0.2, 0) is 4.74 Å². The molecule has 0 saturated heterocycles. The summed E-state index contributed by atoms with van der Waals surface area (Å²) in [5.74, 6) is 0. The number of rotatable bonds is 8. The molecule has 0 aliphatic rings. The van der Waals surface area contributed by atoms with Gasteiger partial charge in [-0.25, -0.2) is 0 Å². The molecule has 0 heterocycles. The molecule has 0 aliphatic heterocycles. The third-order valence-electron chi connectivity index (χ3n) is 2.02. The first-order valence-electron chi connectivity index (χ1n) is 5.22. The van der Waals surface area contributed by atoms with Crippen LogP contribution in [0.25, 0.3) is 0 Å². The summed E-state index contributed by atoms with van der Waals surface area (Å²) in [5.41, 5.74) is 6.86. The van der Waals surface area contributed by atoms with Crippen LogP contribution in [0.1, 0.15) is 39.0 Å². The molecule has 78 valence electrons. The minimum absolute atomic E-state index is 0.768. The molecular formula is C11H23NO. The second-order valence-electron chi connectivity index (χ2n) is 3.33. The lowest BCUT2D eigenvalue weighted by Gasteiger charge is -2.05. The van der Waals surface area contributed by atoms with Crippen molar-refractivity contribution in [1.29, 1.82) is 0 Å². The van der Waals surface area contributed by atoms with Gasteiger partial charge in [0.1, 0.15) is 0 Å². The number of ether oxygens (including phenoxy) is 1. The van der Waals surface area contributed by atoms with E-state index >= 15 is 0 Å². The SMILES string of the molecule is CCCC/C=C(/CCCN)COC. The molecule has 2 heteroatoms. The molecule has 0 saturated carbocycles. The molecule has 13 heavy (non-hydrogen) atoms. The van der Waals surface area contributed by atoms with Crippen LogP contribution in [0.5, 0.6) is 0 Å². The van der Waals surface area contributed by atoms with E-state index in [2.05, 4.69) is 13.0 Å². The van der Waals surface area contributed by atoms with Gasteiger partial charge in [-0.15, -0.1) is 0 Å². The van der Waals surface area contributed by atoms with Crippen molar-refractivity contribution < 1.29 is 4.74 Å². The van der Waals surface area contributed by atoms with Crippen molar-refractivity contribution in [2.45, 2.75) is 39.0 Å². The van der Waals surface area contributed by atoms with Crippen LogP contribution >= 0.6 is 0 Å². The summed E-state index contributed by atoms with van der Waals surface area (Å²) in [6.07, 6.45) is 8.18. The second kappa shape index (κ2) is 9.75. The van der Waals surface area contributed by atoms with Crippen molar-refractivity contribution in [2.24, 2.45) is 5.73 Å². The Hall–Kier alpha value is -0.340. The molecule has 2 N–H and O–H groups in total. The van der Waals surface area contributed by atoms with Crippen LogP contribution in [0.3, 0.4) is 0 Å². The molecule has 0 aromatic carbocycles. The third-order valence-corrected chi connectivity index (χ3v) is 2.02. The first-order chi connectivity index (χ1) is 6.35. The Kier molecular flexibility index (Phi) is 9.49. The predicted octanol–water partition coefficient (Wildman–Crippen LogP) is 2.49. The van der Waals surface area contributed by atoms with Crippen molar-refractivity contribution >= 4 is 0 Å². The molecule has 0 aliphatic carbocycles. The normalized spacial score (nSPS) is 12.1. The van der Waals surface area contributed by atoms with Crippen molar-refractivity contribution in [1.82, 2.24) is 0 Å². The van der Waals surface area contributed by atoms with Crippen molar-refractivity contribution in [3.8, 4) is 0 Å². The van der Waals surface area contributed by atoms with E-state index in [-0.39, 0.29) is 0 Å². The van der Waals surface area contributed by atoms with E-state index in [1.165, 1.54) is 24.8 Å². The lowest BCUT2D eigenvalue weighted by Crippen LogP contribution is -2.01. The highest BCUT2D eigenvalue weighted by atomic mass is 16.5. The number of hydrogen-bond donors (Lipinski definition) is 1. The summed E-state index contributed by atoms with van der Waals surface area (Å²) < 4.78 is 5.12. The quantitative estimate of drug-likeness (QED) is 0.466. The van der Waals surface area contributed by atoms with Crippen molar-refractivity contribution in [3.05, 3.63) is 11.6 Å². The van der Waals surface area contributed by atoms with Crippen LogP contribution in [-0.4, -0.2) is 20.3 Å². The van der Waals surface area contributed by atoms with Gasteiger partial charge in [-0.3, -0.25) is 0 Å². The van der Waals surface area contributed by atoms with Gasteiger partial charge in [-0.05, 0) is 31.4 Å². The minimum atomic E-state index is 0.768. The van der Waals surface area contributed by atoms with Gasteiger partial charge in [0, 0.05) is 7.11 Å². The average molecular weight is 185 g/mol. The summed E-state index contributed by atoms with van der Waals surface area (Å²) in [4.78, 5) is 0. The molecule has 0 spiro atoms. The zero-order chi connectivity index (χ0) is 9.94. The topological polar surface area (TPSA) is 35.2 Å². The van der Waals surface area contributed by atoms with Gasteiger partial charge in [-0.2, -0.15) is 0 Å². The Labute approximate surface area is 82.2 Å². The zero-order valence-corrected chi connectivity index (χ0v) is 9.01. The number of allylic oxidation sites excluding steroid dienone is 1. The van der Waals surface area contributed by atoms with Gasteiger partial charge in [-0.1, -0.05) is 25.8 Å². The van der Waals surface area contributed by atoms with Crippen molar-refractivity contribution in [2.75, 3.05) is 20.3 Å². The highest BCUT2D eigenvalue weighted by molar-refractivity contribution is 5.02. The Morgan fingerprint density at radius 3 is 2.69 bits per heavy atom. The molecule has 0 rings (SSSR count). The van der Waals surface area contributed by atoms with Gasteiger partial charge in [0.05, 0.1) is 6.61 Å². The maximum atomic E-state index is 5.46. The fourth-order valence-corrected chi connectivity index (χ4v) is 1.26. The fraction of sp³-hybridized carbons (Fsp3) is 0.818. The first-order valence-corrected chi connectivity index (χ1v) is 5.22.